The van der Waals surface area contributed by atoms with Crippen molar-refractivity contribution in [1.82, 2.24) is 21.1 Å². The molecular formula is C13H20N4. The van der Waals surface area contributed by atoms with Crippen LogP contribution in [0.1, 0.15) is 18.0 Å². The first-order valence-electron chi connectivity index (χ1n) is 6.44. The van der Waals surface area contributed by atoms with Gasteiger partial charge in [-0.2, -0.15) is 0 Å². The smallest absolute Gasteiger partial charge is 0.0748 e. The molecule has 4 heteroatoms. The Morgan fingerprint density at radius 1 is 1.00 bits per heavy atom. The molecule has 2 saturated heterocycles. The number of hydrogen-bond donors (Lipinski definition) is 3. The maximum atomic E-state index is 3.42. The van der Waals surface area contributed by atoms with Crippen LogP contribution in [0.3, 0.4) is 0 Å². The van der Waals surface area contributed by atoms with Crippen molar-refractivity contribution in [2.45, 2.75) is 18.6 Å². The van der Waals surface area contributed by atoms with Crippen LogP contribution in [0.15, 0.2) is 30.3 Å². The van der Waals surface area contributed by atoms with E-state index in [1.54, 1.807) is 0 Å². The summed E-state index contributed by atoms with van der Waals surface area (Å²) in [7, 11) is 0. The van der Waals surface area contributed by atoms with Crippen LogP contribution in [0.5, 0.6) is 0 Å². The summed E-state index contributed by atoms with van der Waals surface area (Å²) in [5.41, 5.74) is 8.20. The number of hydrogen-bond acceptors (Lipinski definition) is 4. The highest BCUT2D eigenvalue weighted by Crippen LogP contribution is 2.23. The molecule has 0 bridgehead atoms. The third kappa shape index (κ3) is 2.50. The minimum absolute atomic E-state index is 0.441. The molecule has 0 aliphatic carbocycles. The van der Waals surface area contributed by atoms with Crippen molar-refractivity contribution in [2.75, 3.05) is 26.2 Å². The van der Waals surface area contributed by atoms with E-state index in [0.29, 0.717) is 12.2 Å². The van der Waals surface area contributed by atoms with Crippen molar-refractivity contribution in [2.24, 2.45) is 0 Å². The lowest BCUT2D eigenvalue weighted by molar-refractivity contribution is 0.155. The summed E-state index contributed by atoms with van der Waals surface area (Å²) >= 11 is 0. The van der Waals surface area contributed by atoms with E-state index in [0.717, 1.165) is 32.6 Å². The third-order valence-electron chi connectivity index (χ3n) is 3.68. The molecule has 0 radical (unpaired) electrons. The quantitative estimate of drug-likeness (QED) is 0.692. The lowest BCUT2D eigenvalue weighted by Gasteiger charge is -2.32. The number of piperazine rings is 1. The van der Waals surface area contributed by atoms with E-state index in [2.05, 4.69) is 51.4 Å². The van der Waals surface area contributed by atoms with Gasteiger partial charge in [-0.05, 0) is 12.0 Å². The number of rotatable bonds is 2. The fourth-order valence-corrected chi connectivity index (χ4v) is 2.68. The van der Waals surface area contributed by atoms with Gasteiger partial charge < -0.3 is 5.32 Å². The molecule has 2 aliphatic heterocycles. The lowest BCUT2D eigenvalue weighted by Crippen LogP contribution is -2.52. The van der Waals surface area contributed by atoms with Crippen molar-refractivity contribution in [3.05, 3.63) is 35.9 Å². The molecule has 0 spiro atoms. The van der Waals surface area contributed by atoms with Gasteiger partial charge in [-0.25, -0.2) is 10.9 Å². The Hall–Kier alpha value is -0.940. The van der Waals surface area contributed by atoms with E-state index >= 15 is 0 Å². The molecule has 3 N–H and O–H groups in total. The molecule has 92 valence electrons. The number of nitrogens with zero attached hydrogens (tertiary/aromatic N) is 1. The number of nitrogens with one attached hydrogen (secondary N) is 3. The van der Waals surface area contributed by atoms with Crippen molar-refractivity contribution in [3.63, 3.8) is 0 Å². The van der Waals surface area contributed by atoms with Gasteiger partial charge in [-0.15, -0.1) is 0 Å². The monoisotopic (exact) mass is 232 g/mol. The molecule has 2 heterocycles. The predicted octanol–water partition coefficient (Wildman–Crippen LogP) is 0.457. The maximum absolute atomic E-state index is 3.42. The van der Waals surface area contributed by atoms with Crippen LogP contribution < -0.4 is 16.2 Å². The minimum atomic E-state index is 0.441. The molecule has 17 heavy (non-hydrogen) atoms. The summed E-state index contributed by atoms with van der Waals surface area (Å²) in [6.07, 6.45) is 1.62. The molecule has 2 aliphatic rings. The van der Waals surface area contributed by atoms with Crippen molar-refractivity contribution in [3.8, 4) is 0 Å². The standard InChI is InChI=1S/C13H20N4/c1-2-4-11(5-3-1)12-10-13(16-15-12)17-8-6-14-7-9-17/h1-5,12-16H,6-10H2. The highest BCUT2D eigenvalue weighted by Gasteiger charge is 2.29. The first-order chi connectivity index (χ1) is 8.43. The Bertz CT molecular complexity index is 348. The maximum Gasteiger partial charge on any atom is 0.0748 e. The average Bonchev–Trinajstić information content (AvgIpc) is 2.90. The van der Waals surface area contributed by atoms with Gasteiger partial charge in [0.1, 0.15) is 0 Å². The summed E-state index contributed by atoms with van der Waals surface area (Å²) in [6.45, 7) is 4.49. The van der Waals surface area contributed by atoms with Gasteiger partial charge in [0, 0.05) is 32.2 Å². The molecule has 2 atom stereocenters. The van der Waals surface area contributed by atoms with Gasteiger partial charge in [0.15, 0.2) is 0 Å². The summed E-state index contributed by atoms with van der Waals surface area (Å²) in [5.74, 6) is 0. The van der Waals surface area contributed by atoms with Crippen LogP contribution in [0.25, 0.3) is 0 Å². The SMILES string of the molecule is c1ccc(C2CC(N3CCNCC3)NN2)cc1. The van der Waals surface area contributed by atoms with Crippen LogP contribution >= 0.6 is 0 Å². The molecule has 2 unspecified atom stereocenters. The minimum Gasteiger partial charge on any atom is -0.314 e. The zero-order chi connectivity index (χ0) is 11.5. The van der Waals surface area contributed by atoms with Gasteiger partial charge in [0.25, 0.3) is 0 Å². The molecule has 0 aromatic heterocycles. The molecule has 1 aromatic carbocycles. The Balaban J connectivity index is 1.61. The highest BCUT2D eigenvalue weighted by atomic mass is 15.5. The zero-order valence-corrected chi connectivity index (χ0v) is 10.0. The summed E-state index contributed by atoms with van der Waals surface area (Å²) in [6, 6.07) is 11.1. The molecule has 1 aromatic rings. The van der Waals surface area contributed by atoms with E-state index in [-0.39, 0.29) is 0 Å². The van der Waals surface area contributed by atoms with Gasteiger partial charge >= 0.3 is 0 Å². The summed E-state index contributed by atoms with van der Waals surface area (Å²) in [4.78, 5) is 2.52. The summed E-state index contributed by atoms with van der Waals surface area (Å²) in [5, 5.41) is 3.39. The normalized spacial score (nSPS) is 30.6. The van der Waals surface area contributed by atoms with Crippen LogP contribution in [-0.2, 0) is 0 Å². The van der Waals surface area contributed by atoms with Gasteiger partial charge in [0.2, 0.25) is 0 Å². The summed E-state index contributed by atoms with van der Waals surface area (Å²) < 4.78 is 0. The second kappa shape index (κ2) is 5.14. The van der Waals surface area contributed by atoms with E-state index < -0.39 is 0 Å². The Labute approximate surface area is 102 Å². The molecule has 3 rings (SSSR count). The topological polar surface area (TPSA) is 39.3 Å². The van der Waals surface area contributed by atoms with Crippen LogP contribution in [0, 0.1) is 0 Å². The van der Waals surface area contributed by atoms with Crippen molar-refractivity contribution in [1.29, 1.82) is 0 Å². The predicted molar refractivity (Wildman–Crippen MR) is 68.3 cm³/mol. The Morgan fingerprint density at radius 2 is 1.76 bits per heavy atom. The molecule has 0 saturated carbocycles. The average molecular weight is 232 g/mol. The fraction of sp³-hybridized carbons (Fsp3) is 0.538. The largest absolute Gasteiger partial charge is 0.314 e. The fourth-order valence-electron chi connectivity index (χ4n) is 2.68. The first kappa shape index (κ1) is 11.2. The highest BCUT2D eigenvalue weighted by molar-refractivity contribution is 5.19. The van der Waals surface area contributed by atoms with Crippen LogP contribution in [-0.4, -0.2) is 37.2 Å². The van der Waals surface area contributed by atoms with E-state index in [4.69, 9.17) is 0 Å². The van der Waals surface area contributed by atoms with Crippen molar-refractivity contribution < 1.29 is 0 Å². The van der Waals surface area contributed by atoms with Crippen LogP contribution in [0.2, 0.25) is 0 Å². The van der Waals surface area contributed by atoms with Gasteiger partial charge in [0.05, 0.1) is 6.17 Å². The van der Waals surface area contributed by atoms with Gasteiger partial charge in [-0.3, -0.25) is 4.90 Å². The Morgan fingerprint density at radius 3 is 2.53 bits per heavy atom. The zero-order valence-electron chi connectivity index (χ0n) is 10.0. The second-order valence-corrected chi connectivity index (χ2v) is 4.79. The second-order valence-electron chi connectivity index (χ2n) is 4.79. The van der Waals surface area contributed by atoms with E-state index in [1.165, 1.54) is 5.56 Å². The molecule has 4 nitrogen and oxygen atoms in total. The molecule has 2 fully saturated rings. The lowest BCUT2D eigenvalue weighted by atomic mass is 10.0. The Kier molecular flexibility index (Phi) is 3.38. The number of hydrazine groups is 1. The first-order valence-corrected chi connectivity index (χ1v) is 6.44. The van der Waals surface area contributed by atoms with E-state index in [9.17, 15) is 0 Å². The van der Waals surface area contributed by atoms with E-state index in [1.807, 2.05) is 0 Å². The molecular weight excluding hydrogens is 212 g/mol. The van der Waals surface area contributed by atoms with Crippen molar-refractivity contribution >= 4 is 0 Å². The molecule has 0 amide bonds. The number of benzene rings is 1. The van der Waals surface area contributed by atoms with Crippen LogP contribution in [0.4, 0.5) is 0 Å². The van der Waals surface area contributed by atoms with Gasteiger partial charge in [-0.1, -0.05) is 30.3 Å². The third-order valence-corrected chi connectivity index (χ3v) is 3.68.